The molecule has 0 saturated carbocycles. The lowest BCUT2D eigenvalue weighted by Crippen LogP contribution is -2.40. The Morgan fingerprint density at radius 1 is 1.28 bits per heavy atom. The molecule has 0 aromatic carbocycles. The van der Waals surface area contributed by atoms with Crippen molar-refractivity contribution in [2.75, 3.05) is 30.3 Å². The number of thiazole rings is 1. The van der Waals surface area contributed by atoms with Crippen LogP contribution in [0.15, 0.2) is 4.79 Å². The van der Waals surface area contributed by atoms with Gasteiger partial charge >= 0.3 is 10.8 Å². The Bertz CT molecular complexity index is 1050. The molecule has 13 heteroatoms. The molecule has 2 saturated heterocycles. The number of carbonyl (C=O) groups excluding carboxylic acids is 1. The Morgan fingerprint density at radius 3 is 2.62 bits per heavy atom. The second-order valence-electron chi connectivity index (χ2n) is 8.44. The number of hydrogen-bond acceptors (Lipinski definition) is 12. The fourth-order valence-corrected chi connectivity index (χ4v) is 4.87. The van der Waals surface area contributed by atoms with Gasteiger partial charge in [0.1, 0.15) is 35.7 Å². The maximum absolute atomic E-state index is 12.9. The number of aromatic nitrogens is 3. The summed E-state index contributed by atoms with van der Waals surface area (Å²) in [5.74, 6) is -0.192. The first-order chi connectivity index (χ1) is 15.2. The van der Waals surface area contributed by atoms with Crippen molar-refractivity contribution in [3.05, 3.63) is 9.67 Å². The van der Waals surface area contributed by atoms with Crippen LogP contribution in [0.5, 0.6) is 0 Å². The van der Waals surface area contributed by atoms with Gasteiger partial charge in [0.2, 0.25) is 5.95 Å². The van der Waals surface area contributed by atoms with E-state index in [-0.39, 0.29) is 24.1 Å². The summed E-state index contributed by atoms with van der Waals surface area (Å²) >= 11 is 0.928. The standard InChI is InChI=1S/C19H28N6O6S/c1-8(2)10(20)17(28)30-7-9-11(26)12(27)16(31-9)25-15-13(32-19(25)29)14(22-18(21)23-15)24-5-3-4-6-24/h8-12,16,26-27H,3-7,20H2,1-2H3,(H2,21,22,23)/t9-,10+,11-,12-,16-/m1/s1. The van der Waals surface area contributed by atoms with Crippen LogP contribution >= 0.6 is 11.3 Å². The minimum atomic E-state index is -1.44. The monoisotopic (exact) mass is 468 g/mol. The number of carbonyl (C=O) groups is 1. The lowest BCUT2D eigenvalue weighted by molar-refractivity contribution is -0.152. The summed E-state index contributed by atoms with van der Waals surface area (Å²) in [6.07, 6.45) is -3.08. The SMILES string of the molecule is CC(C)[C@H](N)C(=O)OC[C@H]1O[C@@H](n2c(=O)sc3c(N4CCCC4)nc(N)nc32)[C@H](O)[C@@H]1O. The minimum absolute atomic E-state index is 0.00728. The van der Waals surface area contributed by atoms with Crippen LogP contribution < -0.4 is 21.2 Å². The Hall–Kier alpha value is -2.32. The van der Waals surface area contributed by atoms with Gasteiger partial charge in [-0.1, -0.05) is 25.2 Å². The predicted octanol–water partition coefficient (Wildman–Crippen LogP) is -0.819. The highest BCUT2D eigenvalue weighted by Crippen LogP contribution is 2.35. The van der Waals surface area contributed by atoms with E-state index in [1.54, 1.807) is 13.8 Å². The summed E-state index contributed by atoms with van der Waals surface area (Å²) in [6.45, 7) is 4.84. The number of fused-ring (bicyclic) bond motifs is 1. The lowest BCUT2D eigenvalue weighted by atomic mass is 10.1. The highest BCUT2D eigenvalue weighted by atomic mass is 32.1. The molecule has 32 heavy (non-hydrogen) atoms. The Labute approximate surface area is 187 Å². The summed E-state index contributed by atoms with van der Waals surface area (Å²) in [4.78, 5) is 35.1. The number of aliphatic hydroxyl groups excluding tert-OH is 2. The molecule has 0 radical (unpaired) electrons. The van der Waals surface area contributed by atoms with Gasteiger partial charge in [0, 0.05) is 13.1 Å². The molecule has 0 unspecified atom stereocenters. The lowest BCUT2D eigenvalue weighted by Gasteiger charge is -2.19. The summed E-state index contributed by atoms with van der Waals surface area (Å²) in [5.41, 5.74) is 11.9. The number of nitrogens with two attached hydrogens (primary N) is 2. The number of rotatable bonds is 6. The van der Waals surface area contributed by atoms with E-state index in [9.17, 15) is 19.8 Å². The molecule has 2 aromatic rings. The van der Waals surface area contributed by atoms with Crippen molar-refractivity contribution in [3.63, 3.8) is 0 Å². The molecule has 5 atom stereocenters. The molecule has 2 fully saturated rings. The number of ether oxygens (including phenoxy) is 2. The Balaban J connectivity index is 1.61. The van der Waals surface area contributed by atoms with Crippen molar-refractivity contribution < 1.29 is 24.5 Å². The second kappa shape index (κ2) is 8.90. The first kappa shape index (κ1) is 22.9. The van der Waals surface area contributed by atoms with E-state index in [2.05, 4.69) is 9.97 Å². The van der Waals surface area contributed by atoms with Crippen molar-refractivity contribution in [2.24, 2.45) is 11.7 Å². The normalized spacial score (nSPS) is 26.9. The quantitative estimate of drug-likeness (QED) is 0.389. The molecule has 0 amide bonds. The summed E-state index contributed by atoms with van der Waals surface area (Å²) in [7, 11) is 0. The topological polar surface area (TPSA) is 179 Å². The first-order valence-electron chi connectivity index (χ1n) is 10.6. The third kappa shape index (κ3) is 4.06. The predicted molar refractivity (Wildman–Crippen MR) is 117 cm³/mol. The van der Waals surface area contributed by atoms with Crippen molar-refractivity contribution in [1.82, 2.24) is 14.5 Å². The molecule has 0 spiro atoms. The van der Waals surface area contributed by atoms with Gasteiger partial charge in [-0.05, 0) is 18.8 Å². The van der Waals surface area contributed by atoms with E-state index in [0.717, 1.165) is 37.3 Å². The van der Waals surface area contributed by atoms with Crippen LogP contribution in [0.2, 0.25) is 0 Å². The summed E-state index contributed by atoms with van der Waals surface area (Å²) < 4.78 is 12.6. The second-order valence-corrected chi connectivity index (χ2v) is 9.40. The van der Waals surface area contributed by atoms with Gasteiger partial charge in [-0.2, -0.15) is 9.97 Å². The van der Waals surface area contributed by atoms with Crippen LogP contribution in [0.1, 0.15) is 32.9 Å². The van der Waals surface area contributed by atoms with E-state index in [0.29, 0.717) is 10.5 Å². The highest BCUT2D eigenvalue weighted by Gasteiger charge is 2.46. The van der Waals surface area contributed by atoms with Crippen LogP contribution in [0.3, 0.4) is 0 Å². The van der Waals surface area contributed by atoms with E-state index in [1.807, 2.05) is 4.90 Å². The van der Waals surface area contributed by atoms with Crippen molar-refractivity contribution >= 4 is 39.4 Å². The smallest absolute Gasteiger partial charge is 0.323 e. The van der Waals surface area contributed by atoms with Gasteiger partial charge in [-0.25, -0.2) is 0 Å². The third-order valence-corrected chi connectivity index (χ3v) is 6.78. The molecule has 0 bridgehead atoms. The molecular weight excluding hydrogens is 440 g/mol. The van der Waals surface area contributed by atoms with Gasteiger partial charge in [0.15, 0.2) is 17.7 Å². The van der Waals surface area contributed by atoms with Crippen molar-refractivity contribution in [3.8, 4) is 0 Å². The van der Waals surface area contributed by atoms with Crippen LogP contribution in [0, 0.1) is 5.92 Å². The first-order valence-corrected chi connectivity index (χ1v) is 11.4. The van der Waals surface area contributed by atoms with Gasteiger partial charge in [0.05, 0.1) is 0 Å². The van der Waals surface area contributed by atoms with Crippen LogP contribution in [-0.4, -0.2) is 74.8 Å². The van der Waals surface area contributed by atoms with E-state index >= 15 is 0 Å². The Morgan fingerprint density at radius 2 is 1.97 bits per heavy atom. The zero-order valence-corrected chi connectivity index (χ0v) is 18.7. The fraction of sp³-hybridized carbons (Fsp3) is 0.684. The molecule has 2 aromatic heterocycles. The number of anilines is 2. The van der Waals surface area contributed by atoms with E-state index in [4.69, 9.17) is 20.9 Å². The maximum atomic E-state index is 12.9. The van der Waals surface area contributed by atoms with Crippen molar-refractivity contribution in [1.29, 1.82) is 0 Å². The van der Waals surface area contributed by atoms with E-state index in [1.165, 1.54) is 4.57 Å². The number of hydrogen-bond donors (Lipinski definition) is 4. The number of nitrogen functional groups attached to an aromatic ring is 1. The Kier molecular flexibility index (Phi) is 6.36. The minimum Gasteiger partial charge on any atom is -0.462 e. The molecule has 6 N–H and O–H groups in total. The van der Waals surface area contributed by atoms with Gasteiger partial charge in [-0.15, -0.1) is 0 Å². The molecule has 2 aliphatic rings. The third-order valence-electron chi connectivity index (χ3n) is 5.84. The zero-order chi connectivity index (χ0) is 23.2. The average Bonchev–Trinajstić information content (AvgIpc) is 3.45. The molecule has 4 heterocycles. The van der Waals surface area contributed by atoms with Crippen LogP contribution in [0.4, 0.5) is 11.8 Å². The molecule has 0 aliphatic carbocycles. The number of esters is 1. The van der Waals surface area contributed by atoms with Crippen LogP contribution in [0.25, 0.3) is 10.3 Å². The van der Waals surface area contributed by atoms with Gasteiger partial charge < -0.3 is 36.1 Å². The molecular formula is C19H28N6O6S. The van der Waals surface area contributed by atoms with Crippen molar-refractivity contribution in [2.45, 2.75) is 57.3 Å². The van der Waals surface area contributed by atoms with Gasteiger partial charge in [0.25, 0.3) is 0 Å². The molecule has 4 rings (SSSR count). The zero-order valence-electron chi connectivity index (χ0n) is 17.9. The summed E-state index contributed by atoms with van der Waals surface area (Å²) in [6, 6.07) is -0.818. The largest absolute Gasteiger partial charge is 0.462 e. The number of nitrogens with zero attached hydrogens (tertiary/aromatic N) is 4. The molecule has 176 valence electrons. The fourth-order valence-electron chi connectivity index (χ4n) is 3.90. The number of aliphatic hydroxyl groups is 2. The molecule has 2 aliphatic heterocycles. The summed E-state index contributed by atoms with van der Waals surface area (Å²) in [5, 5.41) is 21.1. The molecule has 12 nitrogen and oxygen atoms in total. The van der Waals surface area contributed by atoms with Gasteiger partial charge in [-0.3, -0.25) is 14.2 Å². The van der Waals surface area contributed by atoms with Crippen LogP contribution in [-0.2, 0) is 14.3 Å². The highest BCUT2D eigenvalue weighted by molar-refractivity contribution is 7.17. The maximum Gasteiger partial charge on any atom is 0.323 e. The van der Waals surface area contributed by atoms with E-state index < -0.39 is 41.4 Å². The average molecular weight is 469 g/mol.